The number of rotatable bonds is 8. The number of aryl methyl sites for hydroxylation is 3. The molecule has 2 heterocycles. The number of carbonyl (C=O) groups is 3. The molecule has 12 nitrogen and oxygen atoms in total. The van der Waals surface area contributed by atoms with Gasteiger partial charge in [-0.1, -0.05) is 12.1 Å². The van der Waals surface area contributed by atoms with Crippen molar-refractivity contribution in [3.05, 3.63) is 75.6 Å². The van der Waals surface area contributed by atoms with E-state index in [1.54, 1.807) is 28.8 Å². The number of nitrogens with two attached hydrogens (primary N) is 2. The number of amides is 3. The molecule has 0 bridgehead atoms. The Balaban J connectivity index is 1.62. The van der Waals surface area contributed by atoms with Gasteiger partial charge in [-0.15, -0.1) is 5.10 Å². The molecule has 1 saturated heterocycles. The summed E-state index contributed by atoms with van der Waals surface area (Å²) in [6, 6.07) is 12.5. The van der Waals surface area contributed by atoms with Crippen molar-refractivity contribution in [2.75, 3.05) is 13.1 Å². The number of tetrazole rings is 1. The zero-order valence-corrected chi connectivity index (χ0v) is 23.1. The third kappa shape index (κ3) is 5.04. The highest BCUT2D eigenvalue weighted by Crippen LogP contribution is 2.47. The van der Waals surface area contributed by atoms with Crippen LogP contribution >= 0.6 is 0 Å². The summed E-state index contributed by atoms with van der Waals surface area (Å²) in [5, 5.41) is 25.4. The van der Waals surface area contributed by atoms with Crippen LogP contribution in [0.25, 0.3) is 0 Å². The maximum atomic E-state index is 13.0. The fourth-order valence-electron chi connectivity index (χ4n) is 6.39. The second-order valence-electron chi connectivity index (χ2n) is 10.9. The second-order valence-corrected chi connectivity index (χ2v) is 10.9. The van der Waals surface area contributed by atoms with Crippen molar-refractivity contribution in [3.8, 4) is 6.07 Å². The first-order valence-electron chi connectivity index (χ1n) is 13.7. The van der Waals surface area contributed by atoms with Crippen LogP contribution in [0.4, 0.5) is 0 Å². The number of nitriles is 1. The van der Waals surface area contributed by atoms with Gasteiger partial charge in [0.1, 0.15) is 6.04 Å². The maximum Gasteiger partial charge on any atom is 0.248 e. The van der Waals surface area contributed by atoms with Gasteiger partial charge in [0.05, 0.1) is 18.0 Å². The summed E-state index contributed by atoms with van der Waals surface area (Å²) in [6.45, 7) is 2.64. The molecule has 3 amide bonds. The van der Waals surface area contributed by atoms with Crippen molar-refractivity contribution >= 4 is 17.7 Å². The lowest BCUT2D eigenvalue weighted by Gasteiger charge is -2.37. The molecule has 41 heavy (non-hydrogen) atoms. The summed E-state index contributed by atoms with van der Waals surface area (Å²) in [5.41, 5.74) is 14.8. The quantitative estimate of drug-likeness (QED) is 0.363. The van der Waals surface area contributed by atoms with Gasteiger partial charge in [-0.2, -0.15) is 5.26 Å². The van der Waals surface area contributed by atoms with Crippen molar-refractivity contribution < 1.29 is 14.4 Å². The highest BCUT2D eigenvalue weighted by Gasteiger charge is 2.46. The number of carbonyl (C=O) groups excluding carboxylic acids is 3. The first kappa shape index (κ1) is 27.9. The van der Waals surface area contributed by atoms with Crippen LogP contribution in [0.5, 0.6) is 0 Å². The first-order chi connectivity index (χ1) is 19.6. The lowest BCUT2D eigenvalue weighted by molar-refractivity contribution is -0.130. The van der Waals surface area contributed by atoms with E-state index in [1.807, 2.05) is 31.2 Å². The van der Waals surface area contributed by atoms with Crippen LogP contribution in [-0.4, -0.2) is 68.0 Å². The van der Waals surface area contributed by atoms with Crippen LogP contribution in [0, 0.1) is 11.3 Å². The summed E-state index contributed by atoms with van der Waals surface area (Å²) >= 11 is 0. The van der Waals surface area contributed by atoms with Crippen molar-refractivity contribution in [2.45, 2.75) is 56.5 Å². The van der Waals surface area contributed by atoms with E-state index in [1.165, 1.54) is 0 Å². The molecule has 2 atom stereocenters. The van der Waals surface area contributed by atoms with Crippen LogP contribution in [0.1, 0.15) is 75.0 Å². The molecule has 0 radical (unpaired) electrons. The number of hydrogen-bond donors (Lipinski definition) is 3. The average molecular weight is 556 g/mol. The lowest BCUT2D eigenvalue weighted by Crippen LogP contribution is -2.45. The predicted molar refractivity (Wildman–Crippen MR) is 148 cm³/mol. The van der Waals surface area contributed by atoms with E-state index in [9.17, 15) is 19.6 Å². The summed E-state index contributed by atoms with van der Waals surface area (Å²) in [6.07, 6.45) is 3.12. The standard InChI is InChI=1S/C29H33N9O3/c1-17(33-16-25(39)38-11-3-4-22(38)15-30)14-29(28-34-35-36-37(28)2)23-9-7-20(26(31)40)12-18(23)5-6-19-13-21(27(32)41)8-10-24(19)29/h7-10,12-13,17,22,33H,3-6,11,14,16H2,1-2H3,(H2,31,40)(H2,32,41)/t17-,22-/m0/s1. The van der Waals surface area contributed by atoms with Crippen LogP contribution < -0.4 is 16.8 Å². The number of primary amides is 2. The Labute approximate surface area is 237 Å². The van der Waals surface area contributed by atoms with Crippen molar-refractivity contribution in [3.63, 3.8) is 0 Å². The molecule has 3 aromatic rings. The van der Waals surface area contributed by atoms with Crippen molar-refractivity contribution in [1.82, 2.24) is 30.4 Å². The molecular formula is C29H33N9O3. The minimum absolute atomic E-state index is 0.0768. The Kier molecular flexibility index (Phi) is 7.55. The Morgan fingerprint density at radius 3 is 2.22 bits per heavy atom. The Bertz CT molecular complexity index is 1490. The molecule has 5 rings (SSSR count). The third-order valence-corrected chi connectivity index (χ3v) is 8.30. The fraction of sp³-hybridized carbons (Fsp3) is 0.414. The minimum atomic E-state index is -0.913. The van der Waals surface area contributed by atoms with Crippen LogP contribution in [0.2, 0.25) is 0 Å². The zero-order valence-electron chi connectivity index (χ0n) is 23.1. The van der Waals surface area contributed by atoms with Crippen LogP contribution in [0.3, 0.4) is 0 Å². The van der Waals surface area contributed by atoms with E-state index in [-0.39, 0.29) is 18.5 Å². The molecule has 212 valence electrons. The van der Waals surface area contributed by atoms with Gasteiger partial charge >= 0.3 is 0 Å². The monoisotopic (exact) mass is 555 g/mol. The SMILES string of the molecule is C[C@@H](CC1(c2nnnn2C)c2ccc(C(N)=O)cc2CCc2cc(C(N)=O)ccc21)NCC(=O)N1CCC[C@H]1C#N. The zero-order chi connectivity index (χ0) is 29.3. The van der Waals surface area contributed by atoms with Gasteiger partial charge < -0.3 is 21.7 Å². The van der Waals surface area contributed by atoms with Crippen LogP contribution in [-0.2, 0) is 30.1 Å². The largest absolute Gasteiger partial charge is 0.366 e. The Hall–Kier alpha value is -4.63. The normalized spacial score (nSPS) is 18.1. The van der Waals surface area contributed by atoms with Gasteiger partial charge in [0.15, 0.2) is 5.82 Å². The van der Waals surface area contributed by atoms with Gasteiger partial charge in [-0.25, -0.2) is 4.68 Å². The number of aromatic nitrogens is 4. The Morgan fingerprint density at radius 2 is 1.71 bits per heavy atom. The number of likely N-dealkylation sites (tertiary alicyclic amines) is 1. The fourth-order valence-corrected chi connectivity index (χ4v) is 6.39. The van der Waals surface area contributed by atoms with Gasteiger partial charge in [-0.05, 0) is 96.0 Å². The predicted octanol–water partition coefficient (Wildman–Crippen LogP) is 0.724. The lowest BCUT2D eigenvalue weighted by atomic mass is 9.67. The number of nitrogens with one attached hydrogen (secondary N) is 1. The van der Waals surface area contributed by atoms with Gasteiger partial charge in [0.25, 0.3) is 0 Å². The summed E-state index contributed by atoms with van der Waals surface area (Å²) in [5.74, 6) is -0.593. The highest BCUT2D eigenvalue weighted by molar-refractivity contribution is 5.94. The number of nitrogens with zero attached hydrogens (tertiary/aromatic N) is 6. The summed E-state index contributed by atoms with van der Waals surface area (Å²) in [4.78, 5) is 38.9. The molecule has 1 aliphatic heterocycles. The van der Waals surface area contributed by atoms with E-state index < -0.39 is 23.3 Å². The molecule has 2 aromatic carbocycles. The summed E-state index contributed by atoms with van der Waals surface area (Å²) in [7, 11) is 1.77. The van der Waals surface area contributed by atoms with E-state index in [2.05, 4.69) is 26.9 Å². The summed E-state index contributed by atoms with van der Waals surface area (Å²) < 4.78 is 1.63. The van der Waals surface area contributed by atoms with E-state index >= 15 is 0 Å². The maximum absolute atomic E-state index is 13.0. The molecule has 5 N–H and O–H groups in total. The topological polar surface area (TPSA) is 186 Å². The molecule has 1 aliphatic carbocycles. The molecule has 1 fully saturated rings. The van der Waals surface area contributed by atoms with Gasteiger partial charge in [-0.3, -0.25) is 14.4 Å². The molecule has 12 heteroatoms. The van der Waals surface area contributed by atoms with E-state index in [0.717, 1.165) is 28.7 Å². The van der Waals surface area contributed by atoms with Crippen molar-refractivity contribution in [2.24, 2.45) is 18.5 Å². The van der Waals surface area contributed by atoms with Crippen molar-refractivity contribution in [1.29, 1.82) is 5.26 Å². The smallest absolute Gasteiger partial charge is 0.248 e. The second kappa shape index (κ2) is 11.1. The molecular weight excluding hydrogens is 522 g/mol. The van der Waals surface area contributed by atoms with Gasteiger partial charge in [0.2, 0.25) is 17.7 Å². The number of hydrogen-bond acceptors (Lipinski definition) is 8. The third-order valence-electron chi connectivity index (χ3n) is 8.30. The molecule has 0 unspecified atom stereocenters. The molecule has 1 aromatic heterocycles. The van der Waals surface area contributed by atoms with E-state index in [4.69, 9.17) is 11.5 Å². The highest BCUT2D eigenvalue weighted by atomic mass is 16.2. The van der Waals surface area contributed by atoms with Gasteiger partial charge in [0, 0.05) is 30.8 Å². The van der Waals surface area contributed by atoms with E-state index in [0.29, 0.717) is 49.2 Å². The first-order valence-corrected chi connectivity index (χ1v) is 13.7. The molecule has 0 spiro atoms. The molecule has 0 saturated carbocycles. The minimum Gasteiger partial charge on any atom is -0.366 e. The average Bonchev–Trinajstić information content (AvgIpc) is 3.59. The Morgan fingerprint density at radius 1 is 1.10 bits per heavy atom. The number of benzene rings is 2. The molecule has 2 aliphatic rings. The number of fused-ring (bicyclic) bond motifs is 2. The van der Waals surface area contributed by atoms with Crippen LogP contribution in [0.15, 0.2) is 36.4 Å².